The van der Waals surface area contributed by atoms with Gasteiger partial charge >= 0.3 is 0 Å². The first-order valence-electron chi connectivity index (χ1n) is 6.27. The molecule has 1 rings (SSSR count). The largest absolute Gasteiger partial charge is 0.0654 e. The van der Waals surface area contributed by atoms with Crippen LogP contribution >= 0.6 is 0 Å². The van der Waals surface area contributed by atoms with Gasteiger partial charge in [-0.1, -0.05) is 58.4 Å². The highest BCUT2D eigenvalue weighted by molar-refractivity contribution is 5.26. The molecule has 15 heavy (non-hydrogen) atoms. The molecule has 0 aliphatic carbocycles. The van der Waals surface area contributed by atoms with Gasteiger partial charge in [-0.2, -0.15) is 0 Å². The van der Waals surface area contributed by atoms with Crippen LogP contribution < -0.4 is 0 Å². The first-order valence-corrected chi connectivity index (χ1v) is 6.27. The van der Waals surface area contributed by atoms with Gasteiger partial charge in [-0.15, -0.1) is 0 Å². The summed E-state index contributed by atoms with van der Waals surface area (Å²) in [5.74, 6) is 1.48. The van der Waals surface area contributed by atoms with E-state index in [2.05, 4.69) is 52.0 Å². The Morgan fingerprint density at radius 1 is 1.13 bits per heavy atom. The number of benzene rings is 1. The van der Waals surface area contributed by atoms with Crippen LogP contribution in [0.15, 0.2) is 24.3 Å². The minimum absolute atomic E-state index is 0.737. The first-order chi connectivity index (χ1) is 7.19. The molecule has 0 aliphatic heterocycles. The molecule has 0 fully saturated rings. The summed E-state index contributed by atoms with van der Waals surface area (Å²) in [6.07, 6.45) is 3.73. The Kier molecular flexibility index (Phi) is 4.87. The van der Waals surface area contributed by atoms with E-state index in [1.165, 1.54) is 24.0 Å². The Hall–Kier alpha value is -0.780. The molecule has 0 saturated heterocycles. The number of rotatable bonds is 5. The summed E-state index contributed by atoms with van der Waals surface area (Å²) in [5.41, 5.74) is 3.00. The lowest BCUT2D eigenvalue weighted by Gasteiger charge is -2.21. The zero-order valence-electron chi connectivity index (χ0n) is 10.6. The van der Waals surface area contributed by atoms with E-state index in [1.807, 2.05) is 0 Å². The maximum Gasteiger partial charge on any atom is -0.0139 e. The molecule has 1 aromatic carbocycles. The van der Waals surface area contributed by atoms with Gasteiger partial charge in [-0.05, 0) is 35.8 Å². The van der Waals surface area contributed by atoms with Crippen LogP contribution in [0.2, 0.25) is 0 Å². The summed E-state index contributed by atoms with van der Waals surface area (Å²) in [6.45, 7) is 9.17. The van der Waals surface area contributed by atoms with Gasteiger partial charge < -0.3 is 0 Å². The fourth-order valence-corrected chi connectivity index (χ4v) is 2.24. The highest BCUT2D eigenvalue weighted by Crippen LogP contribution is 2.29. The lowest BCUT2D eigenvalue weighted by Crippen LogP contribution is -2.06. The molecule has 0 amide bonds. The lowest BCUT2D eigenvalue weighted by atomic mass is 9.84. The van der Waals surface area contributed by atoms with Crippen molar-refractivity contribution in [3.8, 4) is 0 Å². The molecule has 0 heteroatoms. The monoisotopic (exact) mass is 204 g/mol. The van der Waals surface area contributed by atoms with Crippen LogP contribution in [0.25, 0.3) is 0 Å². The van der Waals surface area contributed by atoms with Gasteiger partial charge in [0.05, 0.1) is 0 Å². The molecule has 0 aromatic heterocycles. The fraction of sp³-hybridized carbons (Fsp3) is 0.600. The quantitative estimate of drug-likeness (QED) is 0.647. The Balaban J connectivity index is 2.89. The highest BCUT2D eigenvalue weighted by Gasteiger charge is 2.14. The molecular formula is C15H24. The maximum atomic E-state index is 2.39. The zero-order chi connectivity index (χ0) is 11.3. The van der Waals surface area contributed by atoms with E-state index in [9.17, 15) is 0 Å². The molecule has 0 aliphatic rings. The minimum atomic E-state index is 0.737. The van der Waals surface area contributed by atoms with Crippen molar-refractivity contribution in [1.82, 2.24) is 0 Å². The van der Waals surface area contributed by atoms with E-state index in [0.717, 1.165) is 18.3 Å². The van der Waals surface area contributed by atoms with Crippen molar-refractivity contribution >= 4 is 0 Å². The minimum Gasteiger partial charge on any atom is -0.0654 e. The van der Waals surface area contributed by atoms with Crippen LogP contribution in [0.1, 0.15) is 57.6 Å². The lowest BCUT2D eigenvalue weighted by molar-refractivity contribution is 0.463. The molecule has 0 bridgehead atoms. The molecule has 84 valence electrons. The third-order valence-electron chi connectivity index (χ3n) is 3.19. The smallest absolute Gasteiger partial charge is 0.0139 e. The number of hydrogen-bond acceptors (Lipinski definition) is 0. The van der Waals surface area contributed by atoms with Crippen molar-refractivity contribution in [2.45, 2.75) is 52.9 Å². The normalized spacial score (nSPS) is 13.1. The van der Waals surface area contributed by atoms with Gasteiger partial charge in [0.15, 0.2) is 0 Å². The van der Waals surface area contributed by atoms with Crippen molar-refractivity contribution in [2.24, 2.45) is 5.92 Å². The van der Waals surface area contributed by atoms with E-state index >= 15 is 0 Å². The number of hydrogen-bond donors (Lipinski definition) is 0. The zero-order valence-corrected chi connectivity index (χ0v) is 10.6. The van der Waals surface area contributed by atoms with Crippen molar-refractivity contribution in [3.63, 3.8) is 0 Å². The topological polar surface area (TPSA) is 0 Å². The van der Waals surface area contributed by atoms with Gasteiger partial charge in [-0.3, -0.25) is 0 Å². The third-order valence-corrected chi connectivity index (χ3v) is 3.19. The van der Waals surface area contributed by atoms with Gasteiger partial charge in [-0.25, -0.2) is 0 Å². The fourth-order valence-electron chi connectivity index (χ4n) is 2.24. The molecule has 1 aromatic rings. The van der Waals surface area contributed by atoms with Gasteiger partial charge in [0.1, 0.15) is 0 Å². The summed E-state index contributed by atoms with van der Waals surface area (Å²) >= 11 is 0. The van der Waals surface area contributed by atoms with Crippen molar-refractivity contribution in [3.05, 3.63) is 35.4 Å². The van der Waals surface area contributed by atoms with Crippen LogP contribution in [0.5, 0.6) is 0 Å². The van der Waals surface area contributed by atoms with Gasteiger partial charge in [0.25, 0.3) is 0 Å². The molecule has 0 radical (unpaired) electrons. The van der Waals surface area contributed by atoms with E-state index in [4.69, 9.17) is 0 Å². The molecule has 1 unspecified atom stereocenters. The molecule has 0 nitrogen and oxygen atoms in total. The average molecular weight is 204 g/mol. The third kappa shape index (κ3) is 3.37. The van der Waals surface area contributed by atoms with Crippen molar-refractivity contribution in [2.75, 3.05) is 0 Å². The predicted octanol–water partition coefficient (Wildman–Crippen LogP) is 4.79. The molecule has 0 saturated carbocycles. The molecule has 0 heterocycles. The number of aryl methyl sites for hydroxylation is 1. The van der Waals surface area contributed by atoms with Crippen LogP contribution in [-0.2, 0) is 6.42 Å². The Bertz CT molecular complexity index is 286. The van der Waals surface area contributed by atoms with Crippen molar-refractivity contribution in [1.29, 1.82) is 0 Å². The summed E-state index contributed by atoms with van der Waals surface area (Å²) < 4.78 is 0. The standard InChI is InChI=1S/C15H24/c1-5-8-15(12(3)4)14-10-7-9-13(6-2)11-14/h7,9-12,15H,5-6,8H2,1-4H3. The SMILES string of the molecule is CCCC(c1cccc(CC)c1)C(C)C. The second-order valence-electron chi connectivity index (χ2n) is 4.74. The van der Waals surface area contributed by atoms with E-state index in [-0.39, 0.29) is 0 Å². The predicted molar refractivity (Wildman–Crippen MR) is 68.3 cm³/mol. The molecular weight excluding hydrogens is 180 g/mol. The summed E-state index contributed by atoms with van der Waals surface area (Å²) in [6, 6.07) is 9.12. The van der Waals surface area contributed by atoms with Gasteiger partial charge in [0.2, 0.25) is 0 Å². The molecule has 1 atom stereocenters. The second-order valence-corrected chi connectivity index (χ2v) is 4.74. The molecule has 0 spiro atoms. The summed E-state index contributed by atoms with van der Waals surface area (Å²) in [7, 11) is 0. The van der Waals surface area contributed by atoms with E-state index in [1.54, 1.807) is 0 Å². The van der Waals surface area contributed by atoms with Crippen molar-refractivity contribution < 1.29 is 0 Å². The van der Waals surface area contributed by atoms with Crippen LogP contribution in [0.3, 0.4) is 0 Å². The molecule has 0 N–H and O–H groups in total. The Morgan fingerprint density at radius 3 is 2.40 bits per heavy atom. The first kappa shape index (κ1) is 12.3. The van der Waals surface area contributed by atoms with E-state index in [0.29, 0.717) is 0 Å². The van der Waals surface area contributed by atoms with Crippen LogP contribution in [0, 0.1) is 5.92 Å². The van der Waals surface area contributed by atoms with Crippen LogP contribution in [0.4, 0.5) is 0 Å². The van der Waals surface area contributed by atoms with Crippen LogP contribution in [-0.4, -0.2) is 0 Å². The second kappa shape index (κ2) is 5.95. The summed E-state index contributed by atoms with van der Waals surface area (Å²) in [4.78, 5) is 0. The summed E-state index contributed by atoms with van der Waals surface area (Å²) in [5, 5.41) is 0. The Morgan fingerprint density at radius 2 is 1.87 bits per heavy atom. The highest BCUT2D eigenvalue weighted by atomic mass is 14.2. The average Bonchev–Trinajstić information content (AvgIpc) is 2.25. The Labute approximate surface area is 94.7 Å². The van der Waals surface area contributed by atoms with Gasteiger partial charge in [0, 0.05) is 0 Å². The van der Waals surface area contributed by atoms with E-state index < -0.39 is 0 Å². The maximum absolute atomic E-state index is 2.39.